The second-order valence-corrected chi connectivity index (χ2v) is 30.6. The molecule has 75 heavy (non-hydrogen) atoms. The van der Waals surface area contributed by atoms with E-state index in [4.69, 9.17) is 44.1 Å². The molecule has 1 fully saturated rings. The number of phosphoric ester groups is 1. The molecule has 26 nitrogen and oxygen atoms in total. The summed E-state index contributed by atoms with van der Waals surface area (Å²) in [6.45, 7) is 9.02. The molecule has 5 atom stereocenters. The van der Waals surface area contributed by atoms with Gasteiger partial charge in [0.1, 0.15) is 24.6 Å². The topological polar surface area (TPSA) is 426 Å². The minimum Gasteiger partial charge on any atom is -0.478 e. The third-order valence-corrected chi connectivity index (χ3v) is 21.4. The van der Waals surface area contributed by atoms with Gasteiger partial charge in [0.05, 0.1) is 29.3 Å². The highest BCUT2D eigenvalue weighted by Crippen LogP contribution is 2.66. The fourth-order valence-corrected chi connectivity index (χ4v) is 15.5. The predicted octanol–water partition coefficient (Wildman–Crippen LogP) is 5.70. The number of carboxylic acid groups (broad SMARTS) is 1. The highest BCUT2D eigenvalue weighted by Gasteiger charge is 2.43. The lowest BCUT2D eigenvalue weighted by Crippen LogP contribution is -2.36. The van der Waals surface area contributed by atoms with Gasteiger partial charge in [0.25, 0.3) is 26.1 Å². The molecule has 2 aromatic rings. The van der Waals surface area contributed by atoms with Crippen molar-refractivity contribution in [3.8, 4) is 34.2 Å². The Bertz CT molecular complexity index is 3290. The summed E-state index contributed by atoms with van der Waals surface area (Å²) in [6.07, 6.45) is -1.43. The van der Waals surface area contributed by atoms with Crippen molar-refractivity contribution in [2.24, 2.45) is 0 Å². The zero-order valence-corrected chi connectivity index (χ0v) is 47.3. The van der Waals surface area contributed by atoms with Crippen LogP contribution in [0.3, 0.4) is 0 Å². The minimum atomic E-state index is -5.73. The molecular formula is C39H49BN3O23P3S6. The van der Waals surface area contributed by atoms with E-state index in [-0.39, 0.29) is 71.1 Å². The van der Waals surface area contributed by atoms with E-state index in [1.54, 1.807) is 10.8 Å². The molecule has 0 aromatic heterocycles. The first kappa shape index (κ1) is 62.8. The molecule has 0 saturated carbocycles. The first-order valence-electron chi connectivity index (χ1n) is 21.2. The third-order valence-electron chi connectivity index (χ3n) is 9.75. The van der Waals surface area contributed by atoms with Crippen LogP contribution in [0.4, 0.5) is 5.69 Å². The summed E-state index contributed by atoms with van der Waals surface area (Å²) in [7, 11) is -21.4. The number of carboxylic acids is 1. The number of rotatable bonds is 24. The van der Waals surface area contributed by atoms with Crippen LogP contribution in [0.15, 0.2) is 56.7 Å². The van der Waals surface area contributed by atoms with E-state index < -0.39 is 123 Å². The number of amides is 1. The molecule has 2 aromatic carbocycles. The summed E-state index contributed by atoms with van der Waals surface area (Å²) in [5.41, 5.74) is 3.46. The molecule has 0 spiro atoms. The van der Waals surface area contributed by atoms with Crippen LogP contribution in [-0.2, 0) is 61.3 Å². The van der Waals surface area contributed by atoms with Crippen LogP contribution in [0.1, 0.15) is 61.8 Å². The summed E-state index contributed by atoms with van der Waals surface area (Å²) in [4.78, 5) is 61.2. The van der Waals surface area contributed by atoms with Gasteiger partial charge in [-0.25, -0.2) is 18.5 Å². The number of aromatic carboxylic acids is 1. The van der Waals surface area contributed by atoms with Crippen LogP contribution in [-0.4, -0.2) is 129 Å². The van der Waals surface area contributed by atoms with Gasteiger partial charge >= 0.3 is 29.4 Å². The molecule has 1 saturated heterocycles. The van der Waals surface area contributed by atoms with Crippen LogP contribution >= 0.6 is 66.6 Å². The van der Waals surface area contributed by atoms with Gasteiger partial charge in [-0.15, -0.1) is 0 Å². The van der Waals surface area contributed by atoms with Crippen LogP contribution in [0.2, 0.25) is 0 Å². The van der Waals surface area contributed by atoms with Crippen molar-refractivity contribution in [3.05, 3.63) is 58.9 Å². The highest BCUT2D eigenvalue weighted by molar-refractivity contribution is 8.77. The van der Waals surface area contributed by atoms with Crippen LogP contribution < -0.4 is 16.4 Å². The highest BCUT2D eigenvalue weighted by atomic mass is 33.1. The number of nitrogens with two attached hydrogens (primary N) is 1. The number of hydrogen-bond donors (Lipinski definition) is 10. The molecule has 2 aliphatic heterocycles. The lowest BCUT2D eigenvalue weighted by molar-refractivity contribution is -0.0240. The molecule has 2 heterocycles. The van der Waals surface area contributed by atoms with Crippen molar-refractivity contribution in [1.29, 1.82) is 5.41 Å². The third kappa shape index (κ3) is 18.3. The van der Waals surface area contributed by atoms with E-state index >= 15 is 0 Å². The molecule has 3 aliphatic rings. The molecule has 1 aliphatic carbocycles. The zero-order valence-electron chi connectivity index (χ0n) is 39.8. The first-order valence-corrected chi connectivity index (χ1v) is 33.2. The van der Waals surface area contributed by atoms with Gasteiger partial charge in [0.15, 0.2) is 21.1 Å². The van der Waals surface area contributed by atoms with Crippen LogP contribution in [0.25, 0.3) is 33.4 Å². The second kappa shape index (κ2) is 25.0. The summed E-state index contributed by atoms with van der Waals surface area (Å²) in [5, 5.41) is 20.4. The SMILES string of the molecule is CC(C)(C)SSCO[C@@H]1C[C@H](BC#CCOCSSC(C)(C)CNC(=O)c2ccc(-c3c4ccc(=N)c(S(=O)(=O)O)c-4oc4c(S(=O)(=O)O)c(N)ccc34)c(C(=O)O)c2)O[C@@H]1COP(=O)(O)OP(=O)(O)OP(=O)(O)O. The largest absolute Gasteiger partial charge is 0.490 e. The molecular weight excluding hydrogens is 1170 g/mol. The smallest absolute Gasteiger partial charge is 0.478 e. The van der Waals surface area contributed by atoms with Gasteiger partial charge < -0.3 is 54.4 Å². The first-order chi connectivity index (χ1) is 34.5. The molecule has 5 rings (SSSR count). The maximum Gasteiger partial charge on any atom is 0.490 e. The number of benzene rings is 3. The summed E-state index contributed by atoms with van der Waals surface area (Å²) in [5.74, 6) is 3.11. The van der Waals surface area contributed by atoms with Crippen LogP contribution in [0, 0.1) is 17.1 Å². The average molecular weight is 1220 g/mol. The Balaban J connectivity index is 1.18. The number of fused-ring (bicyclic) bond motifs is 2. The number of ether oxygens (including phenoxy) is 3. The van der Waals surface area contributed by atoms with Gasteiger partial charge in [-0.1, -0.05) is 75.9 Å². The number of carbonyl (C=O) groups is 2. The fourth-order valence-electron chi connectivity index (χ4n) is 6.89. The number of nitrogen functional groups attached to an aromatic ring is 1. The van der Waals surface area contributed by atoms with Gasteiger partial charge in [0, 0.05) is 44.1 Å². The lowest BCUT2D eigenvalue weighted by Gasteiger charge is -2.23. The Morgan fingerprint density at radius 3 is 2.19 bits per heavy atom. The van der Waals surface area contributed by atoms with E-state index in [0.717, 1.165) is 18.2 Å². The lowest BCUT2D eigenvalue weighted by atomic mass is 9.71. The van der Waals surface area contributed by atoms with Crippen molar-refractivity contribution in [2.75, 3.05) is 37.4 Å². The fraction of sp³-hybridized carbons (Fsp3) is 0.410. The zero-order chi connectivity index (χ0) is 56.1. The Kier molecular flexibility index (Phi) is 20.9. The Hall–Kier alpha value is -3.00. The Morgan fingerprint density at radius 2 is 1.56 bits per heavy atom. The summed E-state index contributed by atoms with van der Waals surface area (Å²) < 4.78 is 140. The van der Waals surface area contributed by atoms with E-state index in [2.05, 4.69) is 25.7 Å². The summed E-state index contributed by atoms with van der Waals surface area (Å²) >= 11 is 0. The Labute approximate surface area is 445 Å². The molecule has 412 valence electrons. The number of hydrogen-bond acceptors (Lipinski definition) is 22. The van der Waals surface area contributed by atoms with E-state index in [9.17, 15) is 64.1 Å². The van der Waals surface area contributed by atoms with Crippen molar-refractivity contribution in [2.45, 2.75) is 78.5 Å². The van der Waals surface area contributed by atoms with Gasteiger partial charge in [-0.3, -0.25) is 23.8 Å². The minimum absolute atomic E-state index is 0.00146. The number of nitrogens with one attached hydrogen (secondary N) is 2. The molecule has 0 bridgehead atoms. The maximum atomic E-state index is 13.5. The molecule has 0 radical (unpaired) electrons. The standard InChI is InChI=1S/C39H49BN3O23P3S6/c1-38(2,3)72-71-20-61-28-16-30(63-29(28)17-62-68(50,51)66-69(52,53)65-67(47,48)49)40-13-6-14-60-19-70-73-39(4,5)18-43-36(44)21-7-8-22(25(15-21)37(45)46)31-23-9-11-26(41)34(74(54,55)56)32(23)64-33-24(31)10-12-27(42)35(33)75(57,58)59/h7-12,15,28-30,40-41H,14,16-20,42H2,1-5H3,(H,43,44)(H,45,46)(H,50,51)(H,52,53)(H2,47,48,49)(H,54,55,56)(H,57,58,59)/t28-,29-,30-/m1/s1. The monoisotopic (exact) mass is 1220 g/mol. The molecule has 1 amide bonds. The molecule has 2 unspecified atom stereocenters. The van der Waals surface area contributed by atoms with Crippen molar-refractivity contribution >= 4 is 123 Å². The van der Waals surface area contributed by atoms with Crippen molar-refractivity contribution in [1.82, 2.24) is 5.32 Å². The van der Waals surface area contributed by atoms with Crippen LogP contribution in [0.5, 0.6) is 0 Å². The van der Waals surface area contributed by atoms with Gasteiger partial charge in [-0.05, 0) is 62.2 Å². The number of phosphoric acid groups is 3. The summed E-state index contributed by atoms with van der Waals surface area (Å²) in [6, 6.07) is 7.45. The maximum absolute atomic E-state index is 13.5. The van der Waals surface area contributed by atoms with E-state index in [0.29, 0.717) is 0 Å². The van der Waals surface area contributed by atoms with E-state index in [1.165, 1.54) is 56.6 Å². The van der Waals surface area contributed by atoms with Crippen molar-refractivity contribution < 1.29 is 106 Å². The van der Waals surface area contributed by atoms with Gasteiger partial charge in [0.2, 0.25) is 7.28 Å². The number of carbonyl (C=O) groups excluding carboxylic acids is 1. The van der Waals surface area contributed by atoms with Crippen molar-refractivity contribution in [3.63, 3.8) is 0 Å². The molecule has 36 heteroatoms. The predicted molar refractivity (Wildman–Crippen MR) is 280 cm³/mol. The average Bonchev–Trinajstić information content (AvgIpc) is 3.65. The number of anilines is 1. The Morgan fingerprint density at radius 1 is 0.907 bits per heavy atom. The normalized spacial score (nSPS) is 18.3. The second-order valence-electron chi connectivity index (χ2n) is 17.4. The van der Waals surface area contributed by atoms with E-state index in [1.807, 2.05) is 34.6 Å². The van der Waals surface area contributed by atoms with Gasteiger partial charge in [-0.2, -0.15) is 31.3 Å². The molecule has 11 N–H and O–H groups in total. The quantitative estimate of drug-likeness (QED) is 0.00463.